The predicted molar refractivity (Wildman–Crippen MR) is 90.0 cm³/mol. The lowest BCUT2D eigenvalue weighted by Crippen LogP contribution is -2.30. The Kier molecular flexibility index (Phi) is 4.71. The van der Waals surface area contributed by atoms with Gasteiger partial charge in [-0.25, -0.2) is 0 Å². The van der Waals surface area contributed by atoms with Crippen molar-refractivity contribution in [3.05, 3.63) is 63.5 Å². The molecule has 0 aliphatic carbocycles. The van der Waals surface area contributed by atoms with Gasteiger partial charge in [0.1, 0.15) is 6.54 Å². The molecule has 1 fully saturated rings. The molecule has 1 aromatic heterocycles. The summed E-state index contributed by atoms with van der Waals surface area (Å²) >= 11 is 5.88. The fraction of sp³-hybridized carbons (Fsp3) is 0.294. The van der Waals surface area contributed by atoms with Crippen molar-refractivity contribution in [2.75, 3.05) is 18.5 Å². The molecule has 0 atom stereocenters. The molecule has 24 heavy (non-hydrogen) atoms. The monoisotopic (exact) mass is 348 g/mol. The Morgan fingerprint density at radius 1 is 1.29 bits per heavy atom. The van der Waals surface area contributed by atoms with Gasteiger partial charge in [-0.2, -0.15) is 0 Å². The molecule has 1 aliphatic heterocycles. The minimum absolute atomic E-state index is 0.0932. The minimum atomic E-state index is -0.901. The van der Waals surface area contributed by atoms with Crippen LogP contribution in [0.3, 0.4) is 0 Å². The normalized spacial score (nSPS) is 16.1. The summed E-state index contributed by atoms with van der Waals surface area (Å²) in [5, 5.41) is 3.23. The lowest BCUT2D eigenvalue weighted by molar-refractivity contribution is -0.149. The van der Waals surface area contributed by atoms with Gasteiger partial charge in [-0.3, -0.25) is 9.59 Å². The van der Waals surface area contributed by atoms with E-state index >= 15 is 0 Å². The van der Waals surface area contributed by atoms with Gasteiger partial charge in [0.2, 0.25) is 5.91 Å². The average molecular weight is 349 g/mol. The second-order valence-electron chi connectivity index (χ2n) is 5.58. The van der Waals surface area contributed by atoms with Crippen LogP contribution in [0.15, 0.2) is 47.4 Å². The van der Waals surface area contributed by atoms with E-state index in [1.807, 2.05) is 0 Å². The summed E-state index contributed by atoms with van der Waals surface area (Å²) in [7, 11) is 0. The molecule has 1 amide bonds. The number of aromatic nitrogens is 1. The molecule has 1 aromatic carbocycles. The van der Waals surface area contributed by atoms with E-state index in [0.29, 0.717) is 29.5 Å². The maximum Gasteiger partial charge on any atom is 0.251 e. The van der Waals surface area contributed by atoms with Crippen molar-refractivity contribution in [1.82, 2.24) is 4.57 Å². The number of anilines is 1. The summed E-state index contributed by atoms with van der Waals surface area (Å²) in [4.78, 5) is 24.3. The van der Waals surface area contributed by atoms with Crippen LogP contribution >= 0.6 is 11.6 Å². The number of halogens is 1. The topological polar surface area (TPSA) is 69.6 Å². The highest BCUT2D eigenvalue weighted by atomic mass is 35.5. The first-order valence-electron chi connectivity index (χ1n) is 7.51. The summed E-state index contributed by atoms with van der Waals surface area (Å²) in [5.41, 5.74) is 0.919. The Hall–Kier alpha value is -2.15. The van der Waals surface area contributed by atoms with Gasteiger partial charge in [-0.1, -0.05) is 17.7 Å². The third-order valence-electron chi connectivity index (χ3n) is 3.78. The van der Waals surface area contributed by atoms with Crippen molar-refractivity contribution in [3.8, 4) is 0 Å². The Morgan fingerprint density at radius 3 is 2.71 bits per heavy atom. The molecular weight excluding hydrogens is 332 g/mol. The molecule has 0 radical (unpaired) electrons. The SMILES string of the molecule is CC1(c2ccn(CC(=O)Nc3cccc(Cl)c3)c(=O)c2)OCCO1. The molecule has 2 heterocycles. The molecule has 0 saturated carbocycles. The molecule has 6 nitrogen and oxygen atoms in total. The first-order chi connectivity index (χ1) is 11.5. The highest BCUT2D eigenvalue weighted by Crippen LogP contribution is 2.29. The number of ether oxygens (including phenoxy) is 2. The molecule has 0 unspecified atom stereocenters. The van der Waals surface area contributed by atoms with E-state index in [9.17, 15) is 9.59 Å². The number of hydrogen-bond donors (Lipinski definition) is 1. The molecule has 0 bridgehead atoms. The van der Waals surface area contributed by atoms with Gasteiger partial charge in [0.05, 0.1) is 13.2 Å². The van der Waals surface area contributed by atoms with Crippen LogP contribution in [0.4, 0.5) is 5.69 Å². The second kappa shape index (κ2) is 6.76. The van der Waals surface area contributed by atoms with E-state index < -0.39 is 5.79 Å². The molecule has 1 saturated heterocycles. The Labute approximate surface area is 144 Å². The predicted octanol–water partition coefficient (Wildman–Crippen LogP) is 2.36. The second-order valence-corrected chi connectivity index (χ2v) is 6.02. The van der Waals surface area contributed by atoms with Crippen LogP contribution in [0.5, 0.6) is 0 Å². The molecular formula is C17H17ClN2O4. The Balaban J connectivity index is 1.71. The first kappa shape index (κ1) is 16.7. The van der Waals surface area contributed by atoms with Crippen LogP contribution in [-0.4, -0.2) is 23.7 Å². The number of pyridine rings is 1. The summed E-state index contributed by atoms with van der Waals surface area (Å²) in [6.45, 7) is 2.65. The van der Waals surface area contributed by atoms with E-state index in [1.54, 1.807) is 43.5 Å². The Morgan fingerprint density at radius 2 is 2.04 bits per heavy atom. The zero-order chi connectivity index (χ0) is 17.2. The van der Waals surface area contributed by atoms with Crippen molar-refractivity contribution in [3.63, 3.8) is 0 Å². The third kappa shape index (κ3) is 3.67. The van der Waals surface area contributed by atoms with E-state index in [2.05, 4.69) is 5.32 Å². The highest BCUT2D eigenvalue weighted by molar-refractivity contribution is 6.30. The van der Waals surface area contributed by atoms with Gasteiger partial charge in [-0.05, 0) is 31.2 Å². The van der Waals surface area contributed by atoms with E-state index in [0.717, 1.165) is 0 Å². The van der Waals surface area contributed by atoms with Crippen LogP contribution in [0, 0.1) is 0 Å². The van der Waals surface area contributed by atoms with Gasteiger partial charge < -0.3 is 19.4 Å². The number of carbonyl (C=O) groups excluding carboxylic acids is 1. The zero-order valence-corrected chi connectivity index (χ0v) is 13.9. The standard InChI is InChI=1S/C17H17ClN2O4/c1-17(23-7-8-24-17)12-5-6-20(16(22)9-12)11-15(21)19-14-4-2-3-13(18)10-14/h2-6,9-10H,7-8,11H2,1H3,(H,19,21). The molecule has 2 aromatic rings. The quantitative estimate of drug-likeness (QED) is 0.921. The summed E-state index contributed by atoms with van der Waals surface area (Å²) in [5.74, 6) is -1.21. The van der Waals surface area contributed by atoms with E-state index in [1.165, 1.54) is 10.6 Å². The summed E-state index contributed by atoms with van der Waals surface area (Å²) < 4.78 is 12.4. The van der Waals surface area contributed by atoms with Gasteiger partial charge in [0.15, 0.2) is 5.79 Å². The van der Waals surface area contributed by atoms with Crippen LogP contribution in [-0.2, 0) is 26.6 Å². The number of amides is 1. The maximum absolute atomic E-state index is 12.2. The minimum Gasteiger partial charge on any atom is -0.344 e. The first-order valence-corrected chi connectivity index (χ1v) is 7.88. The van der Waals surface area contributed by atoms with Gasteiger partial charge >= 0.3 is 0 Å². The number of benzene rings is 1. The van der Waals surface area contributed by atoms with Crippen molar-refractivity contribution in [2.24, 2.45) is 0 Å². The van der Waals surface area contributed by atoms with Crippen molar-refractivity contribution in [2.45, 2.75) is 19.3 Å². The number of carbonyl (C=O) groups is 1. The Bertz CT molecular complexity index is 812. The number of hydrogen-bond acceptors (Lipinski definition) is 4. The molecule has 3 rings (SSSR count). The van der Waals surface area contributed by atoms with Gasteiger partial charge in [0, 0.05) is 28.5 Å². The van der Waals surface area contributed by atoms with Gasteiger partial charge in [0.25, 0.3) is 5.56 Å². The van der Waals surface area contributed by atoms with Crippen LogP contribution in [0.2, 0.25) is 5.02 Å². The van der Waals surface area contributed by atoms with E-state index in [4.69, 9.17) is 21.1 Å². The largest absolute Gasteiger partial charge is 0.344 e. The van der Waals surface area contributed by atoms with Crippen LogP contribution in [0.25, 0.3) is 0 Å². The zero-order valence-electron chi connectivity index (χ0n) is 13.1. The van der Waals surface area contributed by atoms with Crippen LogP contribution < -0.4 is 10.9 Å². The number of rotatable bonds is 4. The molecule has 7 heteroatoms. The van der Waals surface area contributed by atoms with E-state index in [-0.39, 0.29) is 18.0 Å². The van der Waals surface area contributed by atoms with Crippen molar-refractivity contribution >= 4 is 23.2 Å². The molecule has 126 valence electrons. The fourth-order valence-corrected chi connectivity index (χ4v) is 2.71. The average Bonchev–Trinajstić information content (AvgIpc) is 2.97. The molecule has 1 N–H and O–H groups in total. The third-order valence-corrected chi connectivity index (χ3v) is 4.02. The fourth-order valence-electron chi connectivity index (χ4n) is 2.52. The number of nitrogens with zero attached hydrogens (tertiary/aromatic N) is 1. The smallest absolute Gasteiger partial charge is 0.251 e. The highest BCUT2D eigenvalue weighted by Gasteiger charge is 2.33. The van der Waals surface area contributed by atoms with Crippen molar-refractivity contribution < 1.29 is 14.3 Å². The van der Waals surface area contributed by atoms with Crippen molar-refractivity contribution in [1.29, 1.82) is 0 Å². The number of nitrogens with one attached hydrogen (secondary N) is 1. The lowest BCUT2D eigenvalue weighted by Gasteiger charge is -2.22. The molecule has 1 aliphatic rings. The maximum atomic E-state index is 12.2. The lowest BCUT2D eigenvalue weighted by atomic mass is 10.1. The van der Waals surface area contributed by atoms with Crippen LogP contribution in [0.1, 0.15) is 12.5 Å². The summed E-state index contributed by atoms with van der Waals surface area (Å²) in [6.07, 6.45) is 1.56. The van der Waals surface area contributed by atoms with Gasteiger partial charge in [-0.15, -0.1) is 0 Å². The summed E-state index contributed by atoms with van der Waals surface area (Å²) in [6, 6.07) is 9.97. The molecule has 0 spiro atoms.